The van der Waals surface area contributed by atoms with Gasteiger partial charge >= 0.3 is 0 Å². The van der Waals surface area contributed by atoms with Crippen molar-refractivity contribution in [1.82, 2.24) is 9.80 Å². The number of carbonyl (C=O) groups is 1. The molecular formula is C12H24ClN3O2. The first-order valence-corrected chi connectivity index (χ1v) is 6.37. The van der Waals surface area contributed by atoms with Gasteiger partial charge in [-0.2, -0.15) is 0 Å². The number of ether oxygens (including phenoxy) is 1. The summed E-state index contributed by atoms with van der Waals surface area (Å²) in [5.41, 5.74) is 5.83. The Morgan fingerprint density at radius 3 is 2.78 bits per heavy atom. The monoisotopic (exact) mass is 277 g/mol. The number of halogens is 1. The fraction of sp³-hybridized carbons (Fsp3) is 0.917. The molecule has 2 N–H and O–H groups in total. The van der Waals surface area contributed by atoms with Gasteiger partial charge in [0.2, 0.25) is 5.91 Å². The van der Waals surface area contributed by atoms with Crippen LogP contribution in [0.4, 0.5) is 0 Å². The number of hydrogen-bond donors (Lipinski definition) is 1. The second-order valence-corrected chi connectivity index (χ2v) is 5.26. The van der Waals surface area contributed by atoms with Crippen LogP contribution in [0.15, 0.2) is 0 Å². The van der Waals surface area contributed by atoms with Crippen molar-refractivity contribution in [2.45, 2.75) is 24.9 Å². The van der Waals surface area contributed by atoms with Crippen molar-refractivity contribution >= 4 is 18.3 Å². The number of likely N-dealkylation sites (N-methyl/N-ethyl adjacent to an activating group) is 1. The van der Waals surface area contributed by atoms with Crippen LogP contribution in [0.5, 0.6) is 0 Å². The van der Waals surface area contributed by atoms with E-state index in [1.165, 1.54) is 6.42 Å². The molecule has 1 amide bonds. The van der Waals surface area contributed by atoms with E-state index in [-0.39, 0.29) is 18.3 Å². The third-order valence-corrected chi connectivity index (χ3v) is 4.01. The predicted molar refractivity (Wildman–Crippen MR) is 72.8 cm³/mol. The van der Waals surface area contributed by atoms with E-state index in [4.69, 9.17) is 10.5 Å². The van der Waals surface area contributed by atoms with Crippen molar-refractivity contribution in [2.75, 3.05) is 40.4 Å². The van der Waals surface area contributed by atoms with E-state index in [0.717, 1.165) is 26.1 Å². The van der Waals surface area contributed by atoms with Crippen molar-refractivity contribution in [2.24, 2.45) is 11.7 Å². The molecule has 0 spiro atoms. The second kappa shape index (κ2) is 6.70. The zero-order valence-corrected chi connectivity index (χ0v) is 12.0. The smallest absolute Gasteiger partial charge is 0.242 e. The lowest BCUT2D eigenvalue weighted by molar-refractivity contribution is -0.135. The van der Waals surface area contributed by atoms with Gasteiger partial charge in [0.05, 0.1) is 6.61 Å². The highest BCUT2D eigenvalue weighted by atomic mass is 35.5. The van der Waals surface area contributed by atoms with Gasteiger partial charge in [-0.1, -0.05) is 0 Å². The minimum absolute atomic E-state index is 0. The molecule has 0 saturated carbocycles. The number of piperidine rings is 1. The summed E-state index contributed by atoms with van der Waals surface area (Å²) in [7, 11) is 3.70. The molecule has 3 unspecified atom stereocenters. The molecule has 2 rings (SSSR count). The second-order valence-electron chi connectivity index (χ2n) is 5.26. The van der Waals surface area contributed by atoms with Crippen molar-refractivity contribution in [1.29, 1.82) is 0 Å². The molecule has 0 aromatic carbocycles. The zero-order valence-electron chi connectivity index (χ0n) is 11.2. The van der Waals surface area contributed by atoms with Crippen LogP contribution < -0.4 is 5.73 Å². The Bertz CT molecular complexity index is 290. The summed E-state index contributed by atoms with van der Waals surface area (Å²) < 4.78 is 4.96. The predicted octanol–water partition coefficient (Wildman–Crippen LogP) is -0.0655. The summed E-state index contributed by atoms with van der Waals surface area (Å²) in [6, 6.07) is -0.143. The van der Waals surface area contributed by atoms with Gasteiger partial charge < -0.3 is 20.3 Å². The molecule has 5 nitrogen and oxygen atoms in total. The van der Waals surface area contributed by atoms with E-state index in [9.17, 15) is 4.79 Å². The molecular weight excluding hydrogens is 254 g/mol. The maximum absolute atomic E-state index is 12.2. The molecule has 0 bridgehead atoms. The van der Waals surface area contributed by atoms with Crippen molar-refractivity contribution in [3.05, 3.63) is 0 Å². The maximum atomic E-state index is 12.2. The van der Waals surface area contributed by atoms with E-state index in [0.29, 0.717) is 18.6 Å². The van der Waals surface area contributed by atoms with Crippen LogP contribution in [-0.4, -0.2) is 68.2 Å². The number of hydrogen-bond acceptors (Lipinski definition) is 4. The van der Waals surface area contributed by atoms with Crippen LogP contribution in [0, 0.1) is 5.92 Å². The van der Waals surface area contributed by atoms with Gasteiger partial charge in [0, 0.05) is 26.2 Å². The lowest BCUT2D eigenvalue weighted by Crippen LogP contribution is -2.53. The highest BCUT2D eigenvalue weighted by Gasteiger charge is 2.40. The summed E-state index contributed by atoms with van der Waals surface area (Å²) in [5.74, 6) is 0.722. The van der Waals surface area contributed by atoms with Gasteiger partial charge in [-0.25, -0.2) is 0 Å². The summed E-state index contributed by atoms with van der Waals surface area (Å²) in [6.45, 7) is 3.30. The Balaban J connectivity index is 0.00000162. The maximum Gasteiger partial charge on any atom is 0.242 e. The molecule has 3 atom stereocenters. The van der Waals surface area contributed by atoms with Crippen LogP contribution in [0.25, 0.3) is 0 Å². The summed E-state index contributed by atoms with van der Waals surface area (Å²) in [4.78, 5) is 16.5. The molecule has 0 radical (unpaired) electrons. The average Bonchev–Trinajstić information content (AvgIpc) is 2.71. The quantitative estimate of drug-likeness (QED) is 0.785. The van der Waals surface area contributed by atoms with Gasteiger partial charge in [0.15, 0.2) is 0 Å². The first-order chi connectivity index (χ1) is 8.13. The van der Waals surface area contributed by atoms with Crippen LogP contribution in [0.2, 0.25) is 0 Å². The highest BCUT2D eigenvalue weighted by molar-refractivity contribution is 5.85. The number of nitrogens with two attached hydrogens (primary N) is 1. The molecule has 2 aliphatic rings. The number of likely N-dealkylation sites (tertiary alicyclic amines) is 2. The topological polar surface area (TPSA) is 58.8 Å². The summed E-state index contributed by atoms with van der Waals surface area (Å²) >= 11 is 0. The van der Waals surface area contributed by atoms with E-state index in [1.54, 1.807) is 7.11 Å². The van der Waals surface area contributed by atoms with Gasteiger partial charge in [-0.15, -0.1) is 12.4 Å². The van der Waals surface area contributed by atoms with E-state index >= 15 is 0 Å². The largest absolute Gasteiger partial charge is 0.383 e. The fourth-order valence-corrected chi connectivity index (χ4v) is 3.04. The normalized spacial score (nSPS) is 29.6. The van der Waals surface area contributed by atoms with Crippen LogP contribution in [0.1, 0.15) is 12.8 Å². The SMILES string of the molecule is COCC(N)C(=O)N1CCC2CCN(C)CC21.Cl. The van der Waals surface area contributed by atoms with Gasteiger partial charge in [-0.05, 0) is 32.4 Å². The molecule has 2 fully saturated rings. The standard InChI is InChI=1S/C12H23N3O2.ClH/c1-14-5-3-9-4-6-15(11(9)7-14)12(16)10(13)8-17-2;/h9-11H,3-8,13H2,1-2H3;1H. The Hall–Kier alpha value is -0.360. The number of fused-ring (bicyclic) bond motifs is 1. The van der Waals surface area contributed by atoms with Gasteiger partial charge in [0.1, 0.15) is 6.04 Å². The summed E-state index contributed by atoms with van der Waals surface area (Å²) in [6.07, 6.45) is 2.33. The third kappa shape index (κ3) is 3.15. The Labute approximate surface area is 115 Å². The van der Waals surface area contributed by atoms with Crippen LogP contribution in [0.3, 0.4) is 0 Å². The first-order valence-electron chi connectivity index (χ1n) is 6.37. The lowest BCUT2D eigenvalue weighted by atomic mass is 9.92. The molecule has 106 valence electrons. The molecule has 2 heterocycles. The van der Waals surface area contributed by atoms with Gasteiger partial charge in [0.25, 0.3) is 0 Å². The Morgan fingerprint density at radius 2 is 2.11 bits per heavy atom. The van der Waals surface area contributed by atoms with Crippen molar-refractivity contribution < 1.29 is 9.53 Å². The Kier molecular flexibility index (Phi) is 5.85. The molecule has 6 heteroatoms. The van der Waals surface area contributed by atoms with Crippen molar-refractivity contribution in [3.63, 3.8) is 0 Å². The Morgan fingerprint density at radius 1 is 1.44 bits per heavy atom. The molecule has 0 aromatic rings. The number of amides is 1. The molecule has 18 heavy (non-hydrogen) atoms. The summed E-state index contributed by atoms with van der Waals surface area (Å²) in [5, 5.41) is 0. The molecule has 0 aliphatic carbocycles. The van der Waals surface area contributed by atoms with E-state index in [2.05, 4.69) is 11.9 Å². The van der Waals surface area contributed by atoms with Gasteiger partial charge in [-0.3, -0.25) is 4.79 Å². The number of rotatable bonds is 3. The third-order valence-electron chi connectivity index (χ3n) is 4.01. The average molecular weight is 278 g/mol. The molecule has 2 aliphatic heterocycles. The van der Waals surface area contributed by atoms with E-state index < -0.39 is 6.04 Å². The number of methoxy groups -OCH3 is 1. The lowest BCUT2D eigenvalue weighted by Gasteiger charge is -2.37. The van der Waals surface area contributed by atoms with Crippen molar-refractivity contribution in [3.8, 4) is 0 Å². The van der Waals surface area contributed by atoms with Crippen LogP contribution in [-0.2, 0) is 9.53 Å². The van der Waals surface area contributed by atoms with Crippen LogP contribution >= 0.6 is 12.4 Å². The first kappa shape index (κ1) is 15.7. The zero-order chi connectivity index (χ0) is 12.4. The van der Waals surface area contributed by atoms with E-state index in [1.807, 2.05) is 4.90 Å². The number of carbonyl (C=O) groups excluding carboxylic acids is 1. The highest BCUT2D eigenvalue weighted by Crippen LogP contribution is 2.31. The number of nitrogens with zero attached hydrogens (tertiary/aromatic N) is 2. The molecule has 0 aromatic heterocycles. The minimum atomic E-state index is -0.508. The minimum Gasteiger partial charge on any atom is -0.383 e. The molecule has 2 saturated heterocycles. The fourth-order valence-electron chi connectivity index (χ4n) is 3.04.